The molecule has 0 radical (unpaired) electrons. The minimum absolute atomic E-state index is 0.241. The Morgan fingerprint density at radius 1 is 1.04 bits per heavy atom. The number of benzene rings is 2. The van der Waals surface area contributed by atoms with Gasteiger partial charge in [-0.05, 0) is 37.1 Å². The molecule has 0 fully saturated rings. The van der Waals surface area contributed by atoms with Gasteiger partial charge in [0.05, 0.1) is 0 Å². The van der Waals surface area contributed by atoms with Gasteiger partial charge in [-0.2, -0.15) is 0 Å². The molecule has 0 spiro atoms. The van der Waals surface area contributed by atoms with Crippen LogP contribution in [0.15, 0.2) is 45.6 Å². The number of nitrogens with one attached hydrogen (secondary N) is 1. The molecule has 2 aromatic carbocycles. The van der Waals surface area contributed by atoms with Gasteiger partial charge >= 0.3 is 5.63 Å². The van der Waals surface area contributed by atoms with E-state index in [0.717, 1.165) is 11.3 Å². The lowest BCUT2D eigenvalue weighted by molar-refractivity contribution is 0.403. The van der Waals surface area contributed by atoms with Gasteiger partial charge in [-0.3, -0.25) is 0 Å². The van der Waals surface area contributed by atoms with Crippen LogP contribution >= 0.6 is 0 Å². The van der Waals surface area contributed by atoms with E-state index in [4.69, 9.17) is 4.42 Å². The summed E-state index contributed by atoms with van der Waals surface area (Å²) in [5.74, 6) is -0.570. The summed E-state index contributed by atoms with van der Waals surface area (Å²) >= 11 is 0. The SMILES string of the molecule is Cc1ccc(NCc2cc(=O)oc3cc(O)c(O)cc23)c(C)c1. The Hall–Kier alpha value is -2.95. The maximum atomic E-state index is 11.7. The maximum absolute atomic E-state index is 11.7. The van der Waals surface area contributed by atoms with E-state index in [1.54, 1.807) is 0 Å². The van der Waals surface area contributed by atoms with Crippen LogP contribution in [-0.4, -0.2) is 10.2 Å². The summed E-state index contributed by atoms with van der Waals surface area (Å²) in [6.45, 7) is 4.44. The van der Waals surface area contributed by atoms with Crippen molar-refractivity contribution in [2.75, 3.05) is 5.32 Å². The van der Waals surface area contributed by atoms with Gasteiger partial charge in [-0.15, -0.1) is 0 Å². The molecule has 1 aromatic heterocycles. The van der Waals surface area contributed by atoms with Crippen molar-refractivity contribution in [1.82, 2.24) is 0 Å². The van der Waals surface area contributed by atoms with E-state index < -0.39 is 5.63 Å². The number of phenols is 2. The molecule has 0 aliphatic carbocycles. The van der Waals surface area contributed by atoms with Crippen molar-refractivity contribution in [2.24, 2.45) is 0 Å². The highest BCUT2D eigenvalue weighted by Gasteiger charge is 2.10. The molecule has 0 bridgehead atoms. The normalized spacial score (nSPS) is 10.9. The van der Waals surface area contributed by atoms with Crippen molar-refractivity contribution < 1.29 is 14.6 Å². The lowest BCUT2D eigenvalue weighted by atomic mass is 10.1. The monoisotopic (exact) mass is 311 g/mol. The van der Waals surface area contributed by atoms with Gasteiger partial charge in [0, 0.05) is 29.8 Å². The van der Waals surface area contributed by atoms with Crippen molar-refractivity contribution >= 4 is 16.7 Å². The predicted octanol–water partition coefficient (Wildman–Crippen LogP) is 3.43. The Bertz CT molecular complexity index is 944. The molecule has 0 saturated heterocycles. The van der Waals surface area contributed by atoms with E-state index in [0.29, 0.717) is 17.5 Å². The van der Waals surface area contributed by atoms with E-state index >= 15 is 0 Å². The van der Waals surface area contributed by atoms with Gasteiger partial charge in [0.15, 0.2) is 11.5 Å². The van der Waals surface area contributed by atoms with Gasteiger partial charge in [0.25, 0.3) is 0 Å². The molecule has 0 aliphatic heterocycles. The van der Waals surface area contributed by atoms with Gasteiger partial charge < -0.3 is 19.9 Å². The number of anilines is 1. The molecule has 3 aromatic rings. The zero-order valence-electron chi connectivity index (χ0n) is 12.9. The Morgan fingerprint density at radius 2 is 1.78 bits per heavy atom. The van der Waals surface area contributed by atoms with Crippen LogP contribution in [0.25, 0.3) is 11.0 Å². The zero-order valence-corrected chi connectivity index (χ0v) is 12.9. The first kappa shape index (κ1) is 15.0. The third-order valence-corrected chi connectivity index (χ3v) is 3.78. The minimum Gasteiger partial charge on any atom is -0.504 e. The van der Waals surface area contributed by atoms with E-state index in [-0.39, 0.29) is 17.1 Å². The molecule has 5 heteroatoms. The third kappa shape index (κ3) is 2.99. The maximum Gasteiger partial charge on any atom is 0.336 e. The predicted molar refractivity (Wildman–Crippen MR) is 89.1 cm³/mol. The molecule has 3 N–H and O–H groups in total. The smallest absolute Gasteiger partial charge is 0.336 e. The molecule has 5 nitrogen and oxygen atoms in total. The molecular formula is C18H17NO4. The molecule has 0 unspecified atom stereocenters. The number of rotatable bonds is 3. The molecule has 23 heavy (non-hydrogen) atoms. The molecule has 3 rings (SSSR count). The standard InChI is InChI=1S/C18H17NO4/c1-10-3-4-14(11(2)5-10)19-9-12-6-18(22)23-17-8-16(21)15(20)7-13(12)17/h3-8,19-21H,9H2,1-2H3. The Morgan fingerprint density at radius 3 is 2.52 bits per heavy atom. The fourth-order valence-corrected chi connectivity index (χ4v) is 2.60. The van der Waals surface area contributed by atoms with Crippen LogP contribution in [0, 0.1) is 13.8 Å². The molecule has 1 heterocycles. The van der Waals surface area contributed by atoms with Crippen LogP contribution in [0.4, 0.5) is 5.69 Å². The van der Waals surface area contributed by atoms with Crippen LogP contribution in [0.2, 0.25) is 0 Å². The summed E-state index contributed by atoms with van der Waals surface area (Å²) in [6, 6.07) is 10.1. The van der Waals surface area contributed by atoms with Crippen molar-refractivity contribution in [3.05, 3.63) is 63.5 Å². The third-order valence-electron chi connectivity index (χ3n) is 3.78. The zero-order chi connectivity index (χ0) is 16.6. The summed E-state index contributed by atoms with van der Waals surface area (Å²) < 4.78 is 5.08. The van der Waals surface area contributed by atoms with Crippen LogP contribution < -0.4 is 10.9 Å². The van der Waals surface area contributed by atoms with Gasteiger partial charge in [0.2, 0.25) is 0 Å². The Labute approximate surface area is 132 Å². The second kappa shape index (κ2) is 5.68. The number of phenolic OH excluding ortho intramolecular Hbond substituents is 2. The van der Waals surface area contributed by atoms with Crippen molar-refractivity contribution in [1.29, 1.82) is 0 Å². The van der Waals surface area contributed by atoms with Gasteiger partial charge in [-0.1, -0.05) is 17.7 Å². The van der Waals surface area contributed by atoms with Crippen LogP contribution in [0.1, 0.15) is 16.7 Å². The van der Waals surface area contributed by atoms with Crippen LogP contribution in [0.3, 0.4) is 0 Å². The Balaban J connectivity index is 1.99. The molecule has 118 valence electrons. The molecule has 0 amide bonds. The second-order valence-electron chi connectivity index (χ2n) is 5.60. The van der Waals surface area contributed by atoms with Crippen molar-refractivity contribution in [3.8, 4) is 11.5 Å². The van der Waals surface area contributed by atoms with Crippen molar-refractivity contribution in [2.45, 2.75) is 20.4 Å². The topological polar surface area (TPSA) is 82.7 Å². The summed E-state index contributed by atoms with van der Waals surface area (Å²) in [7, 11) is 0. The average molecular weight is 311 g/mol. The number of aryl methyl sites for hydroxylation is 2. The van der Waals surface area contributed by atoms with E-state index in [1.165, 1.54) is 23.8 Å². The number of hydrogen-bond donors (Lipinski definition) is 3. The summed E-state index contributed by atoms with van der Waals surface area (Å²) in [4.78, 5) is 11.7. The first-order valence-electron chi connectivity index (χ1n) is 7.24. The number of hydrogen-bond acceptors (Lipinski definition) is 5. The fraction of sp³-hybridized carbons (Fsp3) is 0.167. The number of fused-ring (bicyclic) bond motifs is 1. The largest absolute Gasteiger partial charge is 0.504 e. The van der Waals surface area contributed by atoms with Gasteiger partial charge in [0.1, 0.15) is 5.58 Å². The lowest BCUT2D eigenvalue weighted by Crippen LogP contribution is -2.06. The minimum atomic E-state index is -0.500. The van der Waals surface area contributed by atoms with E-state index in [9.17, 15) is 15.0 Å². The van der Waals surface area contributed by atoms with Crippen molar-refractivity contribution in [3.63, 3.8) is 0 Å². The second-order valence-corrected chi connectivity index (χ2v) is 5.60. The molecule has 0 atom stereocenters. The summed E-state index contributed by atoms with van der Waals surface area (Å²) in [5, 5.41) is 23.1. The lowest BCUT2D eigenvalue weighted by Gasteiger charge is -2.12. The van der Waals surface area contributed by atoms with Gasteiger partial charge in [-0.25, -0.2) is 4.79 Å². The average Bonchev–Trinajstić information content (AvgIpc) is 2.48. The molecule has 0 aliphatic rings. The molecule has 0 saturated carbocycles. The van der Waals surface area contributed by atoms with Crippen LogP contribution in [-0.2, 0) is 6.54 Å². The quantitative estimate of drug-likeness (QED) is 0.510. The highest BCUT2D eigenvalue weighted by Crippen LogP contribution is 2.31. The highest BCUT2D eigenvalue weighted by atomic mass is 16.4. The fourth-order valence-electron chi connectivity index (χ4n) is 2.60. The van der Waals surface area contributed by atoms with E-state index in [2.05, 4.69) is 11.4 Å². The summed E-state index contributed by atoms with van der Waals surface area (Å²) in [6.07, 6.45) is 0. The first-order chi connectivity index (χ1) is 10.9. The highest BCUT2D eigenvalue weighted by molar-refractivity contribution is 5.84. The Kier molecular flexibility index (Phi) is 3.70. The first-order valence-corrected chi connectivity index (χ1v) is 7.24. The summed E-state index contributed by atoms with van der Waals surface area (Å²) in [5.41, 5.74) is 3.69. The van der Waals surface area contributed by atoms with Crippen LogP contribution in [0.5, 0.6) is 11.5 Å². The number of aromatic hydroxyl groups is 2. The van der Waals surface area contributed by atoms with E-state index in [1.807, 2.05) is 26.0 Å². The molecular weight excluding hydrogens is 294 g/mol.